The highest BCUT2D eigenvalue weighted by atomic mass is 32.2. The highest BCUT2D eigenvalue weighted by molar-refractivity contribution is 7.91. The van der Waals surface area contributed by atoms with Gasteiger partial charge in [0.05, 0.1) is 11.5 Å². The van der Waals surface area contributed by atoms with Crippen molar-refractivity contribution in [3.8, 4) is 0 Å². The molecule has 0 aromatic heterocycles. The van der Waals surface area contributed by atoms with E-state index < -0.39 is 9.84 Å². The third-order valence-electron chi connectivity index (χ3n) is 5.22. The van der Waals surface area contributed by atoms with E-state index in [1.807, 2.05) is 0 Å². The van der Waals surface area contributed by atoms with Gasteiger partial charge in [-0.3, -0.25) is 4.90 Å². The van der Waals surface area contributed by atoms with E-state index in [1.165, 1.54) is 6.42 Å². The van der Waals surface area contributed by atoms with E-state index in [4.69, 9.17) is 5.73 Å². The lowest BCUT2D eigenvalue weighted by atomic mass is 9.80. The van der Waals surface area contributed by atoms with Crippen LogP contribution in [0.1, 0.15) is 40.0 Å². The SMILES string of the molecule is CC(C)(C)C1CCN(C2(CN)CCS(=O)(=O)CC2)C1. The van der Waals surface area contributed by atoms with Gasteiger partial charge in [0, 0.05) is 18.6 Å². The lowest BCUT2D eigenvalue weighted by molar-refractivity contribution is 0.0964. The summed E-state index contributed by atoms with van der Waals surface area (Å²) < 4.78 is 23.3. The Hall–Kier alpha value is -0.130. The van der Waals surface area contributed by atoms with Crippen molar-refractivity contribution in [2.45, 2.75) is 45.6 Å². The number of hydrogen-bond donors (Lipinski definition) is 1. The minimum Gasteiger partial charge on any atom is -0.329 e. The fourth-order valence-corrected chi connectivity index (χ4v) is 5.05. The second-order valence-corrected chi connectivity index (χ2v) is 9.68. The number of nitrogens with two attached hydrogens (primary N) is 1. The van der Waals surface area contributed by atoms with Crippen LogP contribution in [0.5, 0.6) is 0 Å². The maximum absolute atomic E-state index is 11.6. The fourth-order valence-electron chi connectivity index (χ4n) is 3.47. The molecule has 2 saturated heterocycles. The monoisotopic (exact) mass is 288 g/mol. The lowest BCUT2D eigenvalue weighted by Crippen LogP contribution is -2.57. The summed E-state index contributed by atoms with van der Waals surface area (Å²) in [6, 6.07) is 0. The maximum atomic E-state index is 11.6. The van der Waals surface area contributed by atoms with Crippen molar-refractivity contribution in [2.24, 2.45) is 17.1 Å². The van der Waals surface area contributed by atoms with Gasteiger partial charge in [0.15, 0.2) is 0 Å². The molecule has 112 valence electrons. The van der Waals surface area contributed by atoms with Gasteiger partial charge in [0.1, 0.15) is 9.84 Å². The van der Waals surface area contributed by atoms with Gasteiger partial charge in [-0.25, -0.2) is 8.42 Å². The molecule has 0 amide bonds. The summed E-state index contributed by atoms with van der Waals surface area (Å²) >= 11 is 0. The quantitative estimate of drug-likeness (QED) is 0.831. The molecule has 0 radical (unpaired) electrons. The van der Waals surface area contributed by atoms with Crippen LogP contribution in [-0.2, 0) is 9.84 Å². The van der Waals surface area contributed by atoms with Crippen LogP contribution < -0.4 is 5.73 Å². The Morgan fingerprint density at radius 3 is 2.26 bits per heavy atom. The first-order valence-corrected chi connectivity index (χ1v) is 9.16. The van der Waals surface area contributed by atoms with Crippen LogP contribution in [0.4, 0.5) is 0 Å². The predicted octanol–water partition coefficient (Wildman–Crippen LogP) is 1.26. The molecule has 2 heterocycles. The minimum atomic E-state index is -2.82. The average molecular weight is 288 g/mol. The molecular formula is C14H28N2O2S. The van der Waals surface area contributed by atoms with Crippen LogP contribution in [-0.4, -0.2) is 50.0 Å². The molecular weight excluding hydrogens is 260 g/mol. The Bertz CT molecular complexity index is 411. The van der Waals surface area contributed by atoms with E-state index in [0.29, 0.717) is 42.2 Å². The molecule has 2 rings (SSSR count). The van der Waals surface area contributed by atoms with Gasteiger partial charge in [-0.15, -0.1) is 0 Å². The molecule has 1 atom stereocenters. The zero-order valence-electron chi connectivity index (χ0n) is 12.5. The second kappa shape index (κ2) is 5.01. The van der Waals surface area contributed by atoms with Crippen molar-refractivity contribution >= 4 is 9.84 Å². The average Bonchev–Trinajstić information content (AvgIpc) is 2.79. The summed E-state index contributed by atoms with van der Waals surface area (Å²) in [6.45, 7) is 9.60. The van der Waals surface area contributed by atoms with Gasteiger partial charge < -0.3 is 5.73 Å². The molecule has 0 spiro atoms. The molecule has 0 aliphatic carbocycles. The summed E-state index contributed by atoms with van der Waals surface area (Å²) in [5, 5.41) is 0. The third kappa shape index (κ3) is 3.14. The van der Waals surface area contributed by atoms with Crippen LogP contribution in [0.3, 0.4) is 0 Å². The van der Waals surface area contributed by atoms with Crippen LogP contribution >= 0.6 is 0 Å². The molecule has 4 nitrogen and oxygen atoms in total. The number of likely N-dealkylation sites (tertiary alicyclic amines) is 1. The first-order chi connectivity index (χ1) is 8.69. The fraction of sp³-hybridized carbons (Fsp3) is 1.00. The summed E-state index contributed by atoms with van der Waals surface area (Å²) in [6.07, 6.45) is 2.63. The summed E-state index contributed by atoms with van der Waals surface area (Å²) in [5.41, 5.74) is 6.29. The molecule has 0 aromatic rings. The largest absolute Gasteiger partial charge is 0.329 e. The summed E-state index contributed by atoms with van der Waals surface area (Å²) in [5.74, 6) is 1.30. The maximum Gasteiger partial charge on any atom is 0.150 e. The number of sulfone groups is 1. The van der Waals surface area contributed by atoms with Crippen molar-refractivity contribution < 1.29 is 8.42 Å². The van der Waals surface area contributed by atoms with Crippen molar-refractivity contribution in [3.63, 3.8) is 0 Å². The van der Waals surface area contributed by atoms with Gasteiger partial charge in [0.25, 0.3) is 0 Å². The standard InChI is InChI=1S/C14H28N2O2S/c1-13(2,3)12-4-7-16(10-12)14(11-15)5-8-19(17,18)9-6-14/h12H,4-11,15H2,1-3H3. The van der Waals surface area contributed by atoms with Crippen molar-refractivity contribution in [1.82, 2.24) is 4.90 Å². The molecule has 2 N–H and O–H groups in total. The molecule has 2 aliphatic rings. The Balaban J connectivity index is 2.08. The van der Waals surface area contributed by atoms with Gasteiger partial charge >= 0.3 is 0 Å². The van der Waals surface area contributed by atoms with Crippen LogP contribution in [0.25, 0.3) is 0 Å². The van der Waals surface area contributed by atoms with Gasteiger partial charge in [0.2, 0.25) is 0 Å². The van der Waals surface area contributed by atoms with E-state index in [2.05, 4.69) is 25.7 Å². The Morgan fingerprint density at radius 2 is 1.84 bits per heavy atom. The van der Waals surface area contributed by atoms with Crippen molar-refractivity contribution in [3.05, 3.63) is 0 Å². The van der Waals surface area contributed by atoms with E-state index in [1.54, 1.807) is 0 Å². The highest BCUT2D eigenvalue weighted by Crippen LogP contribution is 2.39. The zero-order valence-corrected chi connectivity index (χ0v) is 13.3. The normalized spacial score (nSPS) is 31.5. The van der Waals surface area contributed by atoms with Gasteiger partial charge in [-0.1, -0.05) is 20.8 Å². The molecule has 0 bridgehead atoms. The smallest absolute Gasteiger partial charge is 0.150 e. The summed E-state index contributed by atoms with van der Waals surface area (Å²) in [4.78, 5) is 2.48. The van der Waals surface area contributed by atoms with E-state index in [0.717, 1.165) is 13.1 Å². The number of nitrogens with zero attached hydrogens (tertiary/aromatic N) is 1. The second-order valence-electron chi connectivity index (χ2n) is 7.38. The van der Waals surface area contributed by atoms with E-state index in [-0.39, 0.29) is 5.54 Å². The van der Waals surface area contributed by atoms with Crippen LogP contribution in [0.15, 0.2) is 0 Å². The number of rotatable bonds is 2. The van der Waals surface area contributed by atoms with Crippen LogP contribution in [0, 0.1) is 11.3 Å². The minimum absolute atomic E-state index is 0.0642. The zero-order chi connectivity index (χ0) is 14.3. The molecule has 1 unspecified atom stereocenters. The molecule has 2 fully saturated rings. The molecule has 19 heavy (non-hydrogen) atoms. The highest BCUT2D eigenvalue weighted by Gasteiger charge is 2.45. The van der Waals surface area contributed by atoms with E-state index in [9.17, 15) is 8.42 Å². The van der Waals surface area contributed by atoms with Crippen molar-refractivity contribution in [2.75, 3.05) is 31.1 Å². The summed E-state index contributed by atoms with van der Waals surface area (Å²) in [7, 11) is -2.82. The molecule has 2 aliphatic heterocycles. The van der Waals surface area contributed by atoms with Crippen molar-refractivity contribution in [1.29, 1.82) is 0 Å². The molecule has 0 aromatic carbocycles. The predicted molar refractivity (Wildman–Crippen MR) is 78.8 cm³/mol. The Labute approximate surface area is 117 Å². The first kappa shape index (κ1) is 15.3. The van der Waals surface area contributed by atoms with Crippen LogP contribution in [0.2, 0.25) is 0 Å². The molecule has 5 heteroatoms. The third-order valence-corrected chi connectivity index (χ3v) is 6.87. The van der Waals surface area contributed by atoms with E-state index >= 15 is 0 Å². The Kier molecular flexibility index (Phi) is 4.02. The van der Waals surface area contributed by atoms with Gasteiger partial charge in [-0.05, 0) is 37.1 Å². The molecule has 0 saturated carbocycles. The number of hydrogen-bond acceptors (Lipinski definition) is 4. The van der Waals surface area contributed by atoms with Gasteiger partial charge in [-0.2, -0.15) is 0 Å². The lowest BCUT2D eigenvalue weighted by Gasteiger charge is -2.44. The topological polar surface area (TPSA) is 63.4 Å². The first-order valence-electron chi connectivity index (χ1n) is 7.34. The Morgan fingerprint density at radius 1 is 1.26 bits per heavy atom.